The first-order valence-corrected chi connectivity index (χ1v) is 27.3. The average Bonchev–Trinajstić information content (AvgIpc) is 4.35. The predicted octanol–water partition coefficient (Wildman–Crippen LogP) is 17.0. The molecule has 0 aliphatic carbocycles. The molecule has 8 nitrogen and oxygen atoms in total. The molecule has 78 heavy (non-hydrogen) atoms. The van der Waals surface area contributed by atoms with Gasteiger partial charge in [-0.25, -0.2) is 0 Å². The fourth-order valence-corrected chi connectivity index (χ4v) is 10.3. The second-order valence-corrected chi connectivity index (χ2v) is 24.1. The van der Waals surface area contributed by atoms with Gasteiger partial charge in [0.1, 0.15) is 22.3 Å². The van der Waals surface area contributed by atoms with Gasteiger partial charge in [-0.15, -0.1) is 0 Å². The molecule has 0 bridgehead atoms. The molecule has 12 heteroatoms. The molecule has 0 radical (unpaired) electrons. The topological polar surface area (TPSA) is 81.7 Å². The fourth-order valence-electron chi connectivity index (χ4n) is 10.1. The van der Waals surface area contributed by atoms with Crippen LogP contribution in [0.3, 0.4) is 0 Å². The molecule has 3 aliphatic heterocycles. The van der Waals surface area contributed by atoms with Gasteiger partial charge in [-0.3, -0.25) is 0 Å². The third-order valence-electron chi connectivity index (χ3n) is 16.8. The summed E-state index contributed by atoms with van der Waals surface area (Å²) in [6.45, 7) is 24.5. The molecule has 0 spiro atoms. The molecule has 0 saturated carbocycles. The Balaban J connectivity index is 0.000000131. The monoisotopic (exact) mass is 1050 g/mol. The van der Waals surface area contributed by atoms with Gasteiger partial charge in [-0.2, -0.15) is 0 Å². The van der Waals surface area contributed by atoms with Gasteiger partial charge in [0.15, 0.2) is 0 Å². The van der Waals surface area contributed by atoms with Crippen molar-refractivity contribution in [3.8, 4) is 44.5 Å². The summed E-state index contributed by atoms with van der Waals surface area (Å²) < 4.78 is 49.2. The van der Waals surface area contributed by atoms with E-state index in [1.54, 1.807) is 0 Å². The Bertz CT molecular complexity index is 3720. The lowest BCUT2D eigenvalue weighted by Gasteiger charge is -2.32. The van der Waals surface area contributed by atoms with Gasteiger partial charge < -0.3 is 36.8 Å². The highest BCUT2D eigenvalue weighted by Gasteiger charge is 2.63. The number of fused-ring (bicyclic) bond motifs is 6. The SMILES string of the molecule is CC1(C)OB(B2OC(C)(C)C(C)(C)O2)OC1(C)C.CC1(C)OB(c2ccc3c(c2)oc2c(-c4ccccc4)cc(-c4ccccc4)cc23)OC1(C)C.Clc1ccc2c(c1)oc1c(-c3ccccc3)cc(-c3ccccc3)cc12. The van der Waals surface area contributed by atoms with Gasteiger partial charge >= 0.3 is 21.1 Å². The molecule has 2 aromatic heterocycles. The zero-order valence-electron chi connectivity index (χ0n) is 46.7. The Kier molecular flexibility index (Phi) is 13.8. The first-order chi connectivity index (χ1) is 37.0. The minimum Gasteiger partial charge on any atom is -0.455 e. The normalized spacial score (nSPS) is 18.6. The van der Waals surface area contributed by atoms with Gasteiger partial charge in [-0.1, -0.05) is 145 Å². The summed E-state index contributed by atoms with van der Waals surface area (Å²) in [6.07, 6.45) is 0. The lowest BCUT2D eigenvalue weighted by molar-refractivity contribution is 0.00578. The zero-order valence-corrected chi connectivity index (χ0v) is 47.5. The highest BCUT2D eigenvalue weighted by Crippen LogP contribution is 2.45. The average molecular weight is 1060 g/mol. The van der Waals surface area contributed by atoms with E-state index < -0.39 is 21.1 Å². The molecular weight excluding hydrogens is 989 g/mol. The van der Waals surface area contributed by atoms with Crippen LogP contribution in [-0.4, -0.2) is 54.7 Å². The smallest absolute Gasteiger partial charge is 0.455 e. The van der Waals surface area contributed by atoms with Gasteiger partial charge in [0.2, 0.25) is 0 Å². The molecule has 5 heterocycles. The van der Waals surface area contributed by atoms with Crippen molar-refractivity contribution in [3.05, 3.63) is 187 Å². The van der Waals surface area contributed by atoms with Crippen LogP contribution < -0.4 is 5.46 Å². The van der Waals surface area contributed by atoms with Crippen molar-refractivity contribution in [2.24, 2.45) is 0 Å². The van der Waals surface area contributed by atoms with E-state index in [-0.39, 0.29) is 33.6 Å². The summed E-state index contributed by atoms with van der Waals surface area (Å²) in [7, 11) is -1.37. The van der Waals surface area contributed by atoms with Crippen LogP contribution in [0.2, 0.25) is 5.02 Å². The number of hydrogen-bond acceptors (Lipinski definition) is 8. The van der Waals surface area contributed by atoms with E-state index >= 15 is 0 Å². The number of hydrogen-bond donors (Lipinski definition) is 0. The minimum absolute atomic E-state index is 0.360. The maximum atomic E-state index is 6.52. The quantitative estimate of drug-likeness (QED) is 0.152. The first-order valence-electron chi connectivity index (χ1n) is 26.9. The van der Waals surface area contributed by atoms with Crippen LogP contribution in [0, 0.1) is 0 Å². The Morgan fingerprint density at radius 1 is 0.308 bits per heavy atom. The molecule has 13 rings (SSSR count). The van der Waals surface area contributed by atoms with E-state index in [1.807, 2.05) is 97.9 Å². The molecule has 0 amide bonds. The van der Waals surface area contributed by atoms with Crippen LogP contribution in [0.25, 0.3) is 88.4 Å². The molecule has 0 unspecified atom stereocenters. The Morgan fingerprint density at radius 2 is 0.641 bits per heavy atom. The second kappa shape index (κ2) is 20.1. The van der Waals surface area contributed by atoms with Crippen molar-refractivity contribution >= 4 is 82.1 Å². The van der Waals surface area contributed by atoms with E-state index in [1.165, 1.54) is 22.3 Å². The van der Waals surface area contributed by atoms with Crippen LogP contribution in [0.5, 0.6) is 0 Å². The van der Waals surface area contributed by atoms with Crippen molar-refractivity contribution in [3.63, 3.8) is 0 Å². The summed E-state index contributed by atoms with van der Waals surface area (Å²) in [4.78, 5) is 0. The molecular formula is C66H66B3ClO8. The van der Waals surface area contributed by atoms with Crippen molar-refractivity contribution in [2.45, 2.75) is 117 Å². The third kappa shape index (κ3) is 10.0. The summed E-state index contributed by atoms with van der Waals surface area (Å²) in [6, 6.07) is 62.7. The lowest BCUT2D eigenvalue weighted by Crippen LogP contribution is -2.41. The molecule has 394 valence electrons. The van der Waals surface area contributed by atoms with Crippen molar-refractivity contribution in [1.29, 1.82) is 0 Å². The predicted molar refractivity (Wildman–Crippen MR) is 322 cm³/mol. The highest BCUT2D eigenvalue weighted by molar-refractivity contribution is 7.11. The summed E-state index contributed by atoms with van der Waals surface area (Å²) in [5.74, 6) is 0. The molecule has 3 aliphatic rings. The summed E-state index contributed by atoms with van der Waals surface area (Å²) in [5.41, 5.74) is 11.4. The van der Waals surface area contributed by atoms with Crippen LogP contribution in [0.4, 0.5) is 0 Å². The first kappa shape index (κ1) is 53.6. The maximum Gasteiger partial charge on any atom is 0.494 e. The van der Waals surface area contributed by atoms with E-state index in [0.717, 1.165) is 71.6 Å². The molecule has 3 saturated heterocycles. The molecule has 10 aromatic rings. The second-order valence-electron chi connectivity index (χ2n) is 23.7. The van der Waals surface area contributed by atoms with Crippen LogP contribution >= 0.6 is 11.6 Å². The van der Waals surface area contributed by atoms with Crippen molar-refractivity contribution in [2.75, 3.05) is 0 Å². The number of furan rings is 2. The van der Waals surface area contributed by atoms with E-state index in [9.17, 15) is 0 Å². The summed E-state index contributed by atoms with van der Waals surface area (Å²) >= 11 is 6.17. The Hall–Kier alpha value is -6.40. The number of benzene rings is 8. The Morgan fingerprint density at radius 3 is 1.03 bits per heavy atom. The minimum atomic E-state index is -0.476. The molecule has 3 fully saturated rings. The van der Waals surface area contributed by atoms with Crippen LogP contribution in [-0.2, 0) is 27.9 Å². The zero-order chi connectivity index (χ0) is 55.0. The summed E-state index contributed by atoms with van der Waals surface area (Å²) in [5, 5.41) is 5.07. The highest BCUT2D eigenvalue weighted by atomic mass is 35.5. The van der Waals surface area contributed by atoms with Gasteiger partial charge in [-0.05, 0) is 164 Å². The van der Waals surface area contributed by atoms with Crippen LogP contribution in [0.1, 0.15) is 83.1 Å². The maximum absolute atomic E-state index is 6.52. The fraction of sp³-hybridized carbons (Fsp3) is 0.273. The lowest BCUT2D eigenvalue weighted by atomic mass is 9.49. The van der Waals surface area contributed by atoms with Gasteiger partial charge in [0.05, 0.1) is 33.6 Å². The van der Waals surface area contributed by atoms with E-state index in [2.05, 4.69) is 167 Å². The van der Waals surface area contributed by atoms with E-state index in [4.69, 9.17) is 48.4 Å². The third-order valence-corrected chi connectivity index (χ3v) is 17.0. The Labute approximate surface area is 464 Å². The number of rotatable bonds is 6. The molecule has 8 aromatic carbocycles. The van der Waals surface area contributed by atoms with Gasteiger partial charge in [0, 0.05) is 43.8 Å². The van der Waals surface area contributed by atoms with Crippen molar-refractivity contribution < 1.29 is 36.8 Å². The molecule has 0 N–H and O–H groups in total. The van der Waals surface area contributed by atoms with Crippen LogP contribution in [0.15, 0.2) is 191 Å². The van der Waals surface area contributed by atoms with Gasteiger partial charge in [0.25, 0.3) is 0 Å². The standard InChI is InChI=1S/C30H27BO3.C24H15ClO.C12H24B2O4/c1-29(2)30(3,4)34-31(33-29)23-15-16-24-26-18-22(20-11-7-5-8-12-20)17-25(21-13-9-6-10-14-21)28(26)32-27(24)19-23;25-19-11-12-20-22-14-18(16-7-3-1-4-8-16)13-21(17-9-5-2-6-10-17)24(22)26-23(20)15-19;1-9(2)10(3,4)16-13(15-9)14-17-11(5,6)12(7,8)18-14/h5-19H,1-4H3;1-15H;1-8H3. The number of halogens is 1. The van der Waals surface area contributed by atoms with Crippen molar-refractivity contribution in [1.82, 2.24) is 0 Å². The van der Waals surface area contributed by atoms with E-state index in [0.29, 0.717) is 5.02 Å². The molecule has 0 atom stereocenters. The largest absolute Gasteiger partial charge is 0.494 e.